The molecule has 0 spiro atoms. The molecule has 0 bridgehead atoms. The molecular weight excluding hydrogens is 266 g/mol. The van der Waals surface area contributed by atoms with Gasteiger partial charge in [-0.15, -0.1) is 0 Å². The van der Waals surface area contributed by atoms with E-state index in [1.807, 2.05) is 0 Å². The molecule has 1 heterocycles. The first-order chi connectivity index (χ1) is 10.5. The summed E-state index contributed by atoms with van der Waals surface area (Å²) in [5, 5.41) is 1.40. The van der Waals surface area contributed by atoms with Gasteiger partial charge in [-0.05, 0) is 50.3 Å². The van der Waals surface area contributed by atoms with E-state index in [1.54, 1.807) is 0 Å². The SMILES string of the molecule is CC1Cc2c(c3ccccc3n2C(C)(C)C)-c2ccccc21. The fourth-order valence-electron chi connectivity index (χ4n) is 4.11. The predicted octanol–water partition coefficient (Wildman–Crippen LogP) is 5.72. The standard InChI is InChI=1S/C21H23N/c1-14-13-19-20(16-10-6-5-9-15(14)16)17-11-7-8-12-18(17)22(19)21(2,3)4/h5-12,14H,13H2,1-4H3. The lowest BCUT2D eigenvalue weighted by atomic mass is 9.81. The van der Waals surface area contributed by atoms with E-state index < -0.39 is 0 Å². The largest absolute Gasteiger partial charge is 0.339 e. The Bertz CT molecular complexity index is 861. The Morgan fingerprint density at radius 2 is 1.64 bits per heavy atom. The zero-order valence-electron chi connectivity index (χ0n) is 13.9. The van der Waals surface area contributed by atoms with Gasteiger partial charge in [-0.3, -0.25) is 0 Å². The molecule has 0 saturated heterocycles. The first kappa shape index (κ1) is 13.6. The number of benzene rings is 2. The van der Waals surface area contributed by atoms with E-state index in [4.69, 9.17) is 0 Å². The second kappa shape index (κ2) is 4.49. The Hall–Kier alpha value is -2.02. The normalized spacial score (nSPS) is 17.4. The van der Waals surface area contributed by atoms with E-state index in [2.05, 4.69) is 80.8 Å². The van der Waals surface area contributed by atoms with E-state index in [0.717, 1.165) is 6.42 Å². The van der Waals surface area contributed by atoms with Crippen molar-refractivity contribution in [3.8, 4) is 11.1 Å². The van der Waals surface area contributed by atoms with Gasteiger partial charge < -0.3 is 4.57 Å². The zero-order valence-corrected chi connectivity index (χ0v) is 13.9. The summed E-state index contributed by atoms with van der Waals surface area (Å²) in [4.78, 5) is 0. The molecule has 0 saturated carbocycles. The zero-order chi connectivity index (χ0) is 15.5. The van der Waals surface area contributed by atoms with Crippen molar-refractivity contribution in [2.24, 2.45) is 0 Å². The van der Waals surface area contributed by atoms with E-state index in [-0.39, 0.29) is 5.54 Å². The van der Waals surface area contributed by atoms with E-state index >= 15 is 0 Å². The number of hydrogen-bond acceptors (Lipinski definition) is 0. The number of fused-ring (bicyclic) bond motifs is 5. The van der Waals surface area contributed by atoms with Crippen LogP contribution in [0.25, 0.3) is 22.0 Å². The van der Waals surface area contributed by atoms with Crippen molar-refractivity contribution in [2.75, 3.05) is 0 Å². The average Bonchev–Trinajstić information content (AvgIpc) is 2.81. The molecule has 0 radical (unpaired) electrons. The van der Waals surface area contributed by atoms with Crippen molar-refractivity contribution in [1.29, 1.82) is 0 Å². The van der Waals surface area contributed by atoms with Crippen LogP contribution in [-0.4, -0.2) is 4.57 Å². The van der Waals surface area contributed by atoms with E-state index in [9.17, 15) is 0 Å². The first-order valence-electron chi connectivity index (χ1n) is 8.20. The van der Waals surface area contributed by atoms with Crippen LogP contribution in [0.2, 0.25) is 0 Å². The Morgan fingerprint density at radius 3 is 2.41 bits per heavy atom. The molecule has 1 unspecified atom stereocenters. The number of aromatic nitrogens is 1. The summed E-state index contributed by atoms with van der Waals surface area (Å²) in [7, 11) is 0. The molecule has 1 aliphatic carbocycles. The van der Waals surface area contributed by atoms with Gasteiger partial charge in [-0.25, -0.2) is 0 Å². The summed E-state index contributed by atoms with van der Waals surface area (Å²) in [6.45, 7) is 9.28. The Kier molecular flexibility index (Phi) is 2.78. The van der Waals surface area contributed by atoms with Gasteiger partial charge in [0.2, 0.25) is 0 Å². The van der Waals surface area contributed by atoms with Crippen LogP contribution in [0, 0.1) is 0 Å². The lowest BCUT2D eigenvalue weighted by Gasteiger charge is -2.30. The van der Waals surface area contributed by atoms with Crippen molar-refractivity contribution >= 4 is 10.9 Å². The molecule has 22 heavy (non-hydrogen) atoms. The molecule has 1 aromatic heterocycles. The van der Waals surface area contributed by atoms with Gasteiger partial charge in [0.05, 0.1) is 0 Å². The van der Waals surface area contributed by atoms with Crippen LogP contribution in [0.3, 0.4) is 0 Å². The van der Waals surface area contributed by atoms with Crippen molar-refractivity contribution < 1.29 is 0 Å². The highest BCUT2D eigenvalue weighted by Crippen LogP contribution is 2.46. The number of para-hydroxylation sites is 1. The average molecular weight is 289 g/mol. The van der Waals surface area contributed by atoms with Crippen LogP contribution in [0.15, 0.2) is 48.5 Å². The van der Waals surface area contributed by atoms with Crippen LogP contribution in [0.1, 0.15) is 44.9 Å². The summed E-state index contributed by atoms with van der Waals surface area (Å²) in [6.07, 6.45) is 1.12. The van der Waals surface area contributed by atoms with Crippen molar-refractivity contribution in [1.82, 2.24) is 4.57 Å². The Labute approximate surface area is 132 Å². The van der Waals surface area contributed by atoms with Crippen LogP contribution >= 0.6 is 0 Å². The number of nitrogens with zero attached hydrogens (tertiary/aromatic N) is 1. The summed E-state index contributed by atoms with van der Waals surface area (Å²) >= 11 is 0. The molecule has 0 fully saturated rings. The molecule has 112 valence electrons. The minimum atomic E-state index is 0.0964. The highest BCUT2D eigenvalue weighted by Gasteiger charge is 2.30. The summed E-state index contributed by atoms with van der Waals surface area (Å²) in [6, 6.07) is 17.8. The molecule has 1 atom stereocenters. The molecule has 0 N–H and O–H groups in total. The summed E-state index contributed by atoms with van der Waals surface area (Å²) in [5.74, 6) is 0.578. The highest BCUT2D eigenvalue weighted by atomic mass is 15.1. The maximum absolute atomic E-state index is 2.56. The lowest BCUT2D eigenvalue weighted by molar-refractivity contribution is 0.395. The Morgan fingerprint density at radius 1 is 0.955 bits per heavy atom. The molecule has 4 rings (SSSR count). The van der Waals surface area contributed by atoms with Gasteiger partial charge in [0.15, 0.2) is 0 Å². The molecule has 3 aromatic rings. The van der Waals surface area contributed by atoms with Gasteiger partial charge >= 0.3 is 0 Å². The fraction of sp³-hybridized carbons (Fsp3) is 0.333. The monoisotopic (exact) mass is 289 g/mol. The molecule has 0 aliphatic heterocycles. The summed E-state index contributed by atoms with van der Waals surface area (Å²) < 4.78 is 2.56. The smallest absolute Gasteiger partial charge is 0.0493 e. The van der Waals surface area contributed by atoms with E-state index in [0.29, 0.717) is 5.92 Å². The molecule has 1 heteroatoms. The van der Waals surface area contributed by atoms with Crippen LogP contribution in [-0.2, 0) is 12.0 Å². The van der Waals surface area contributed by atoms with Gasteiger partial charge in [0.1, 0.15) is 0 Å². The van der Waals surface area contributed by atoms with Crippen LogP contribution in [0.4, 0.5) is 0 Å². The number of hydrogen-bond donors (Lipinski definition) is 0. The van der Waals surface area contributed by atoms with Gasteiger partial charge in [-0.2, -0.15) is 0 Å². The van der Waals surface area contributed by atoms with Crippen molar-refractivity contribution in [2.45, 2.75) is 45.6 Å². The van der Waals surface area contributed by atoms with Crippen molar-refractivity contribution in [3.05, 3.63) is 59.8 Å². The Balaban J connectivity index is 2.17. The predicted molar refractivity (Wildman–Crippen MR) is 94.5 cm³/mol. The van der Waals surface area contributed by atoms with E-state index in [1.165, 1.54) is 33.3 Å². The molecule has 0 amide bonds. The van der Waals surface area contributed by atoms with Crippen LogP contribution in [0.5, 0.6) is 0 Å². The third kappa shape index (κ3) is 1.78. The third-order valence-electron chi connectivity index (χ3n) is 4.90. The summed E-state index contributed by atoms with van der Waals surface area (Å²) in [5.41, 5.74) is 7.34. The fourth-order valence-corrected chi connectivity index (χ4v) is 4.11. The molecular formula is C21H23N. The van der Waals surface area contributed by atoms with Crippen LogP contribution < -0.4 is 0 Å². The maximum atomic E-state index is 2.56. The van der Waals surface area contributed by atoms with Crippen molar-refractivity contribution in [3.63, 3.8) is 0 Å². The highest BCUT2D eigenvalue weighted by molar-refractivity contribution is 6.00. The van der Waals surface area contributed by atoms with Gasteiger partial charge in [0, 0.05) is 27.7 Å². The minimum absolute atomic E-state index is 0.0964. The quantitative estimate of drug-likeness (QED) is 0.498. The van der Waals surface area contributed by atoms with Gasteiger partial charge in [0.25, 0.3) is 0 Å². The van der Waals surface area contributed by atoms with Gasteiger partial charge in [-0.1, -0.05) is 49.4 Å². The first-order valence-corrected chi connectivity index (χ1v) is 8.20. The second-order valence-electron chi connectivity index (χ2n) is 7.54. The molecule has 1 nitrogen and oxygen atoms in total. The minimum Gasteiger partial charge on any atom is -0.339 e. The second-order valence-corrected chi connectivity index (χ2v) is 7.54. The third-order valence-corrected chi connectivity index (χ3v) is 4.90. The molecule has 1 aliphatic rings. The maximum Gasteiger partial charge on any atom is 0.0493 e. The topological polar surface area (TPSA) is 4.93 Å². The number of rotatable bonds is 0. The lowest BCUT2D eigenvalue weighted by Crippen LogP contribution is -2.25. The molecule has 2 aromatic carbocycles.